The van der Waals surface area contributed by atoms with Gasteiger partial charge in [0.2, 0.25) is 0 Å². The number of hydrogen-bond donors (Lipinski definition) is 3. The maximum absolute atomic E-state index is 11.4. The minimum atomic E-state index is -0.855. The molecule has 4 unspecified atom stereocenters. The average Bonchev–Trinajstić information content (AvgIpc) is 2.39. The molecular formula is C16H26N2O3. The fourth-order valence-electron chi connectivity index (χ4n) is 2.73. The zero-order chi connectivity index (χ0) is 15.2. The Labute approximate surface area is 126 Å². The lowest BCUT2D eigenvalue weighted by atomic mass is 9.83. The fourth-order valence-corrected chi connectivity index (χ4v) is 2.73. The molecule has 0 bridgehead atoms. The molecule has 1 aliphatic carbocycles. The molecule has 1 saturated carbocycles. The van der Waals surface area contributed by atoms with Crippen molar-refractivity contribution in [3.63, 3.8) is 0 Å². The molecule has 21 heavy (non-hydrogen) atoms. The molecule has 1 heterocycles. The first kappa shape index (κ1) is 16.3. The number of aliphatic carboxylic acids is 1. The average molecular weight is 294 g/mol. The van der Waals surface area contributed by atoms with E-state index in [0.29, 0.717) is 6.61 Å². The Hall–Kier alpha value is -1.09. The normalized spacial score (nSPS) is 30.9. The summed E-state index contributed by atoms with van der Waals surface area (Å²) in [5.41, 5.74) is 5.65. The van der Waals surface area contributed by atoms with E-state index >= 15 is 0 Å². The van der Waals surface area contributed by atoms with Crippen LogP contribution < -0.4 is 11.1 Å². The molecular weight excluding hydrogens is 268 g/mol. The Bertz CT molecular complexity index is 409. The predicted octanol–water partition coefficient (Wildman–Crippen LogP) is 1.32. The number of carboxylic acids is 1. The number of nitrogens with one attached hydrogen (secondary N) is 1. The topological polar surface area (TPSA) is 84.6 Å². The summed E-state index contributed by atoms with van der Waals surface area (Å²) in [5.74, 6) is 6.11. The second kappa shape index (κ2) is 7.79. The van der Waals surface area contributed by atoms with Gasteiger partial charge in [-0.05, 0) is 38.5 Å². The maximum atomic E-state index is 11.4. The highest BCUT2D eigenvalue weighted by atomic mass is 16.5. The molecule has 0 aromatic carbocycles. The van der Waals surface area contributed by atoms with Crippen LogP contribution in [0.15, 0.2) is 0 Å². The number of piperidine rings is 1. The quantitative estimate of drug-likeness (QED) is 0.666. The van der Waals surface area contributed by atoms with Crippen molar-refractivity contribution in [1.82, 2.24) is 5.32 Å². The van der Waals surface area contributed by atoms with Gasteiger partial charge >= 0.3 is 5.97 Å². The Morgan fingerprint density at radius 1 is 1.43 bits per heavy atom. The van der Waals surface area contributed by atoms with E-state index in [9.17, 15) is 9.90 Å². The molecule has 0 aromatic heterocycles. The van der Waals surface area contributed by atoms with Gasteiger partial charge in [-0.1, -0.05) is 12.3 Å². The van der Waals surface area contributed by atoms with Crippen LogP contribution in [0.5, 0.6) is 0 Å². The minimum Gasteiger partial charge on any atom is -0.480 e. The van der Waals surface area contributed by atoms with Gasteiger partial charge in [0.05, 0.1) is 6.61 Å². The van der Waals surface area contributed by atoms with Crippen LogP contribution in [-0.2, 0) is 9.53 Å². The van der Waals surface area contributed by atoms with Crippen LogP contribution in [0.4, 0.5) is 0 Å². The number of hydrogen-bond acceptors (Lipinski definition) is 4. The van der Waals surface area contributed by atoms with E-state index in [1.807, 2.05) is 6.92 Å². The molecule has 0 radical (unpaired) electrons. The van der Waals surface area contributed by atoms with Crippen LogP contribution >= 0.6 is 0 Å². The molecule has 1 aliphatic heterocycles. The Morgan fingerprint density at radius 2 is 2.19 bits per heavy atom. The van der Waals surface area contributed by atoms with Gasteiger partial charge in [0.15, 0.2) is 0 Å². The van der Waals surface area contributed by atoms with Crippen LogP contribution in [0.3, 0.4) is 0 Å². The van der Waals surface area contributed by atoms with Gasteiger partial charge in [0.25, 0.3) is 0 Å². The standard InChI is InChI=1S/C16H26N2O3/c1-11(17)10-21-14-9-8-13(15(18-14)16(19)20)7-3-6-12-4-2-5-12/h11-15,18H,2,4-6,8-10,17H2,1H3,(H,19,20). The lowest BCUT2D eigenvalue weighted by Gasteiger charge is -2.33. The van der Waals surface area contributed by atoms with E-state index in [-0.39, 0.29) is 18.2 Å². The fraction of sp³-hybridized carbons (Fsp3) is 0.812. The van der Waals surface area contributed by atoms with E-state index in [4.69, 9.17) is 10.5 Å². The molecule has 2 aliphatic rings. The van der Waals surface area contributed by atoms with Crippen molar-refractivity contribution in [3.8, 4) is 11.8 Å². The van der Waals surface area contributed by atoms with Crippen LogP contribution in [0, 0.1) is 23.7 Å². The Morgan fingerprint density at radius 3 is 2.76 bits per heavy atom. The second-order valence-corrected chi connectivity index (χ2v) is 6.29. The summed E-state index contributed by atoms with van der Waals surface area (Å²) in [6.07, 6.45) is 6.06. The number of rotatable bonds is 5. The van der Waals surface area contributed by atoms with Crippen molar-refractivity contribution in [1.29, 1.82) is 0 Å². The largest absolute Gasteiger partial charge is 0.480 e. The number of carbonyl (C=O) groups is 1. The Balaban J connectivity index is 1.85. The van der Waals surface area contributed by atoms with Gasteiger partial charge < -0.3 is 15.6 Å². The van der Waals surface area contributed by atoms with Gasteiger partial charge in [-0.2, -0.15) is 0 Å². The van der Waals surface area contributed by atoms with Crippen molar-refractivity contribution >= 4 is 5.97 Å². The van der Waals surface area contributed by atoms with Crippen molar-refractivity contribution in [3.05, 3.63) is 0 Å². The molecule has 0 spiro atoms. The molecule has 0 amide bonds. The van der Waals surface area contributed by atoms with E-state index in [1.165, 1.54) is 19.3 Å². The minimum absolute atomic E-state index is 0.0462. The molecule has 5 nitrogen and oxygen atoms in total. The first-order valence-corrected chi connectivity index (χ1v) is 7.90. The summed E-state index contributed by atoms with van der Waals surface area (Å²) in [6.45, 7) is 2.30. The Kier molecular flexibility index (Phi) is 6.04. The van der Waals surface area contributed by atoms with Gasteiger partial charge in [0, 0.05) is 18.4 Å². The van der Waals surface area contributed by atoms with Gasteiger partial charge in [-0.15, -0.1) is 5.92 Å². The highest BCUT2D eigenvalue weighted by Crippen LogP contribution is 2.29. The second-order valence-electron chi connectivity index (χ2n) is 6.29. The highest BCUT2D eigenvalue weighted by Gasteiger charge is 2.34. The van der Waals surface area contributed by atoms with E-state index in [0.717, 1.165) is 25.2 Å². The van der Waals surface area contributed by atoms with Crippen molar-refractivity contribution in [2.75, 3.05) is 6.61 Å². The molecule has 2 fully saturated rings. The summed E-state index contributed by atoms with van der Waals surface area (Å²) in [4.78, 5) is 11.4. The number of ether oxygens (including phenoxy) is 1. The molecule has 2 rings (SSSR count). The summed E-state index contributed by atoms with van der Waals surface area (Å²) in [6, 6.07) is -0.694. The van der Waals surface area contributed by atoms with Crippen LogP contribution in [0.2, 0.25) is 0 Å². The van der Waals surface area contributed by atoms with Gasteiger partial charge in [0.1, 0.15) is 12.3 Å². The van der Waals surface area contributed by atoms with Crippen molar-refractivity contribution < 1.29 is 14.6 Å². The van der Waals surface area contributed by atoms with Gasteiger partial charge in [-0.25, -0.2) is 0 Å². The molecule has 118 valence electrons. The highest BCUT2D eigenvalue weighted by molar-refractivity contribution is 5.74. The van der Waals surface area contributed by atoms with E-state index in [2.05, 4.69) is 17.2 Å². The summed E-state index contributed by atoms with van der Waals surface area (Å²) in [7, 11) is 0. The molecule has 4 atom stereocenters. The van der Waals surface area contributed by atoms with Crippen LogP contribution in [0.25, 0.3) is 0 Å². The lowest BCUT2D eigenvalue weighted by Crippen LogP contribution is -2.53. The summed E-state index contributed by atoms with van der Waals surface area (Å²) >= 11 is 0. The van der Waals surface area contributed by atoms with Crippen molar-refractivity contribution in [2.24, 2.45) is 17.6 Å². The number of carboxylic acid groups (broad SMARTS) is 1. The molecule has 4 N–H and O–H groups in total. The van der Waals surface area contributed by atoms with Crippen LogP contribution in [-0.4, -0.2) is 36.0 Å². The zero-order valence-corrected chi connectivity index (χ0v) is 12.7. The summed E-state index contributed by atoms with van der Waals surface area (Å²) in [5, 5.41) is 12.4. The van der Waals surface area contributed by atoms with Gasteiger partial charge in [-0.3, -0.25) is 10.1 Å². The van der Waals surface area contributed by atoms with Crippen LogP contribution in [0.1, 0.15) is 45.4 Å². The van der Waals surface area contributed by atoms with E-state index in [1.54, 1.807) is 0 Å². The molecule has 0 aromatic rings. The third-order valence-electron chi connectivity index (χ3n) is 4.24. The first-order valence-electron chi connectivity index (χ1n) is 7.90. The zero-order valence-electron chi connectivity index (χ0n) is 12.7. The third-order valence-corrected chi connectivity index (χ3v) is 4.24. The summed E-state index contributed by atoms with van der Waals surface area (Å²) < 4.78 is 5.59. The number of nitrogens with two attached hydrogens (primary N) is 1. The first-order chi connectivity index (χ1) is 10.1. The monoisotopic (exact) mass is 294 g/mol. The molecule has 5 heteroatoms. The van der Waals surface area contributed by atoms with Crippen molar-refractivity contribution in [2.45, 2.75) is 63.8 Å². The predicted molar refractivity (Wildman–Crippen MR) is 80.4 cm³/mol. The smallest absolute Gasteiger partial charge is 0.322 e. The molecule has 1 saturated heterocycles. The maximum Gasteiger partial charge on any atom is 0.322 e. The lowest BCUT2D eigenvalue weighted by molar-refractivity contribution is -0.143. The SMILES string of the molecule is CC(N)COC1CCC(C#CCC2CCC2)C(C(=O)O)N1. The van der Waals surface area contributed by atoms with E-state index < -0.39 is 12.0 Å². The third kappa shape index (κ3) is 4.99.